The van der Waals surface area contributed by atoms with Crippen LogP contribution >= 0.6 is 11.6 Å². The van der Waals surface area contributed by atoms with E-state index in [1.807, 2.05) is 12.1 Å². The number of anilines is 1. The molecule has 2 aliphatic rings. The van der Waals surface area contributed by atoms with Crippen LogP contribution in [-0.2, 0) is 0 Å². The summed E-state index contributed by atoms with van der Waals surface area (Å²) in [7, 11) is 0. The van der Waals surface area contributed by atoms with Gasteiger partial charge in [-0.2, -0.15) is 0 Å². The fourth-order valence-corrected chi connectivity index (χ4v) is 3.05. The maximum absolute atomic E-state index is 5.83. The van der Waals surface area contributed by atoms with Crippen molar-refractivity contribution in [3.05, 3.63) is 23.4 Å². The normalized spacial score (nSPS) is 26.5. The second-order valence-corrected chi connectivity index (χ2v) is 5.69. The van der Waals surface area contributed by atoms with Crippen LogP contribution in [0.3, 0.4) is 0 Å². The molecule has 1 unspecified atom stereocenters. The Labute approximate surface area is 107 Å². The summed E-state index contributed by atoms with van der Waals surface area (Å²) in [5.74, 6) is 0.941. The third-order valence-electron chi connectivity index (χ3n) is 4.02. The first-order valence-electron chi connectivity index (χ1n) is 6.39. The molecule has 1 saturated heterocycles. The quantitative estimate of drug-likeness (QED) is 0.849. The highest BCUT2D eigenvalue weighted by Gasteiger charge is 2.40. The summed E-state index contributed by atoms with van der Waals surface area (Å²) in [6, 6.07) is 4.39. The van der Waals surface area contributed by atoms with Crippen LogP contribution in [0.2, 0.25) is 5.02 Å². The Kier molecular flexibility index (Phi) is 2.97. The lowest BCUT2D eigenvalue weighted by molar-refractivity contribution is 0.135. The van der Waals surface area contributed by atoms with Gasteiger partial charge in [-0.3, -0.25) is 0 Å². The second-order valence-electron chi connectivity index (χ2n) is 5.26. The van der Waals surface area contributed by atoms with Crippen molar-refractivity contribution in [2.45, 2.75) is 43.7 Å². The Morgan fingerprint density at radius 2 is 2.29 bits per heavy atom. The van der Waals surface area contributed by atoms with E-state index < -0.39 is 0 Å². The minimum atomic E-state index is 0.433. The van der Waals surface area contributed by atoms with Crippen molar-refractivity contribution in [2.24, 2.45) is 0 Å². The Balaban J connectivity index is 1.63. The zero-order valence-electron chi connectivity index (χ0n) is 9.88. The Bertz CT molecular complexity index is 386. The van der Waals surface area contributed by atoms with Gasteiger partial charge in [0.2, 0.25) is 0 Å². The number of hydrogen-bond donors (Lipinski definition) is 2. The molecule has 92 valence electrons. The van der Waals surface area contributed by atoms with Gasteiger partial charge in [-0.25, -0.2) is 4.98 Å². The summed E-state index contributed by atoms with van der Waals surface area (Å²) in [6.45, 7) is 1.12. The number of hydrogen-bond acceptors (Lipinski definition) is 3. The molecule has 2 N–H and O–H groups in total. The van der Waals surface area contributed by atoms with Crippen LogP contribution in [0.5, 0.6) is 0 Å². The molecule has 4 heteroatoms. The van der Waals surface area contributed by atoms with Gasteiger partial charge >= 0.3 is 0 Å². The SMILES string of the molecule is Clc1ccc(NC2CCNC3(CCC3)C2)nc1. The average Bonchev–Trinajstić information content (AvgIpc) is 2.31. The number of nitrogens with one attached hydrogen (secondary N) is 2. The Morgan fingerprint density at radius 3 is 2.94 bits per heavy atom. The van der Waals surface area contributed by atoms with Gasteiger partial charge in [0.05, 0.1) is 5.02 Å². The summed E-state index contributed by atoms with van der Waals surface area (Å²) >= 11 is 5.83. The van der Waals surface area contributed by atoms with Crippen LogP contribution in [0.1, 0.15) is 32.1 Å². The van der Waals surface area contributed by atoms with E-state index in [2.05, 4.69) is 15.6 Å². The number of aromatic nitrogens is 1. The monoisotopic (exact) mass is 251 g/mol. The number of pyridine rings is 1. The minimum absolute atomic E-state index is 0.433. The van der Waals surface area contributed by atoms with Crippen molar-refractivity contribution in [1.82, 2.24) is 10.3 Å². The molecular formula is C13H18ClN3. The van der Waals surface area contributed by atoms with Crippen LogP contribution in [0, 0.1) is 0 Å². The van der Waals surface area contributed by atoms with Crippen molar-refractivity contribution in [3.63, 3.8) is 0 Å². The van der Waals surface area contributed by atoms with E-state index in [0.717, 1.165) is 12.4 Å². The summed E-state index contributed by atoms with van der Waals surface area (Å²) < 4.78 is 0. The summed E-state index contributed by atoms with van der Waals surface area (Å²) in [4.78, 5) is 4.30. The van der Waals surface area contributed by atoms with E-state index in [4.69, 9.17) is 11.6 Å². The molecule has 17 heavy (non-hydrogen) atoms. The van der Waals surface area contributed by atoms with Gasteiger partial charge in [0.25, 0.3) is 0 Å². The van der Waals surface area contributed by atoms with Crippen LogP contribution in [0.4, 0.5) is 5.82 Å². The maximum atomic E-state index is 5.83. The summed E-state index contributed by atoms with van der Waals surface area (Å²) in [5.41, 5.74) is 0.433. The lowest BCUT2D eigenvalue weighted by atomic mass is 9.70. The Hall–Kier alpha value is -0.800. The predicted molar refractivity (Wildman–Crippen MR) is 70.5 cm³/mol. The zero-order valence-corrected chi connectivity index (χ0v) is 10.6. The third kappa shape index (κ3) is 2.40. The molecular weight excluding hydrogens is 234 g/mol. The first-order valence-corrected chi connectivity index (χ1v) is 6.77. The molecule has 0 bridgehead atoms. The fourth-order valence-electron chi connectivity index (χ4n) is 2.94. The third-order valence-corrected chi connectivity index (χ3v) is 4.24. The zero-order chi connectivity index (χ0) is 11.7. The molecule has 1 aromatic heterocycles. The van der Waals surface area contributed by atoms with Gasteiger partial charge in [-0.15, -0.1) is 0 Å². The molecule has 1 saturated carbocycles. The van der Waals surface area contributed by atoms with Crippen molar-refractivity contribution < 1.29 is 0 Å². The first kappa shape index (κ1) is 11.3. The number of halogens is 1. The predicted octanol–water partition coefficient (Wildman–Crippen LogP) is 2.82. The molecule has 2 fully saturated rings. The smallest absolute Gasteiger partial charge is 0.126 e. The molecule has 1 aromatic rings. The van der Waals surface area contributed by atoms with Gasteiger partial charge in [-0.05, 0) is 50.8 Å². The lowest BCUT2D eigenvalue weighted by Crippen LogP contribution is -2.58. The standard InChI is InChI=1S/C13H18ClN3/c14-10-2-3-12(15-9-10)17-11-4-7-16-13(8-11)5-1-6-13/h2-3,9,11,16H,1,4-8H2,(H,15,17). The van der Waals surface area contributed by atoms with Gasteiger partial charge in [0, 0.05) is 17.8 Å². The molecule has 0 aromatic carbocycles. The fraction of sp³-hybridized carbons (Fsp3) is 0.615. The Morgan fingerprint density at radius 1 is 1.41 bits per heavy atom. The molecule has 0 amide bonds. The van der Waals surface area contributed by atoms with Crippen LogP contribution in [0.25, 0.3) is 0 Å². The van der Waals surface area contributed by atoms with Gasteiger partial charge in [0.15, 0.2) is 0 Å². The van der Waals surface area contributed by atoms with Gasteiger partial charge in [-0.1, -0.05) is 11.6 Å². The van der Waals surface area contributed by atoms with E-state index in [-0.39, 0.29) is 0 Å². The molecule has 3 nitrogen and oxygen atoms in total. The largest absolute Gasteiger partial charge is 0.367 e. The topological polar surface area (TPSA) is 37.0 Å². The first-order chi connectivity index (χ1) is 8.26. The molecule has 2 heterocycles. The summed E-state index contributed by atoms with van der Waals surface area (Å²) in [6.07, 6.45) is 8.13. The highest BCUT2D eigenvalue weighted by molar-refractivity contribution is 6.30. The second kappa shape index (κ2) is 4.46. The molecule has 1 aliphatic heterocycles. The van der Waals surface area contributed by atoms with E-state index in [1.165, 1.54) is 32.1 Å². The van der Waals surface area contributed by atoms with Crippen molar-refractivity contribution in [2.75, 3.05) is 11.9 Å². The van der Waals surface area contributed by atoms with Crippen molar-refractivity contribution >= 4 is 17.4 Å². The number of piperidine rings is 1. The molecule has 1 aliphatic carbocycles. The van der Waals surface area contributed by atoms with Crippen molar-refractivity contribution in [1.29, 1.82) is 0 Å². The average molecular weight is 252 g/mol. The van der Waals surface area contributed by atoms with Gasteiger partial charge < -0.3 is 10.6 Å². The van der Waals surface area contributed by atoms with Crippen LogP contribution in [-0.4, -0.2) is 23.1 Å². The molecule has 3 rings (SSSR count). The summed E-state index contributed by atoms with van der Waals surface area (Å²) in [5, 5.41) is 7.89. The van der Waals surface area contributed by atoms with E-state index in [9.17, 15) is 0 Å². The molecule has 0 radical (unpaired) electrons. The van der Waals surface area contributed by atoms with Crippen LogP contribution < -0.4 is 10.6 Å². The van der Waals surface area contributed by atoms with Crippen LogP contribution in [0.15, 0.2) is 18.3 Å². The number of rotatable bonds is 2. The minimum Gasteiger partial charge on any atom is -0.367 e. The van der Waals surface area contributed by atoms with Crippen molar-refractivity contribution in [3.8, 4) is 0 Å². The van der Waals surface area contributed by atoms with Gasteiger partial charge in [0.1, 0.15) is 5.82 Å². The lowest BCUT2D eigenvalue weighted by Gasteiger charge is -2.48. The maximum Gasteiger partial charge on any atom is 0.126 e. The number of nitrogens with zero attached hydrogens (tertiary/aromatic N) is 1. The highest BCUT2D eigenvalue weighted by atomic mass is 35.5. The van der Waals surface area contributed by atoms with E-state index in [1.54, 1.807) is 6.20 Å². The highest BCUT2D eigenvalue weighted by Crippen LogP contribution is 2.38. The van der Waals surface area contributed by atoms with E-state index in [0.29, 0.717) is 16.6 Å². The van der Waals surface area contributed by atoms with E-state index >= 15 is 0 Å². The molecule has 1 atom stereocenters. The molecule has 1 spiro atoms.